The number of hydrogen-bond donors (Lipinski definition) is 0. The summed E-state index contributed by atoms with van der Waals surface area (Å²) < 4.78 is 8.39. The van der Waals surface area contributed by atoms with Crippen LogP contribution in [0.3, 0.4) is 0 Å². The van der Waals surface area contributed by atoms with Crippen molar-refractivity contribution >= 4 is 33.4 Å². The predicted octanol–water partition coefficient (Wildman–Crippen LogP) is 6.59. The van der Waals surface area contributed by atoms with E-state index in [1.54, 1.807) is 0 Å². The summed E-state index contributed by atoms with van der Waals surface area (Å²) in [5, 5.41) is 3.03. The van der Waals surface area contributed by atoms with E-state index < -0.39 is 0 Å². The van der Waals surface area contributed by atoms with E-state index in [9.17, 15) is 0 Å². The molecule has 0 aliphatic heterocycles. The largest absolute Gasteiger partial charge is 0.491 e. The van der Waals surface area contributed by atoms with Gasteiger partial charge in [-0.05, 0) is 47.9 Å². The lowest BCUT2D eigenvalue weighted by atomic mass is 10.1. The summed E-state index contributed by atoms with van der Waals surface area (Å²) in [6, 6.07) is 30.4. The Hall–Kier alpha value is -3.30. The van der Waals surface area contributed by atoms with Crippen molar-refractivity contribution in [3.63, 3.8) is 0 Å². The summed E-state index contributed by atoms with van der Waals surface area (Å²) in [5.41, 5.74) is 3.11. The normalized spacial score (nSPS) is 11.2. The van der Waals surface area contributed by atoms with Crippen molar-refractivity contribution in [2.45, 2.75) is 6.54 Å². The van der Waals surface area contributed by atoms with Crippen LogP contribution in [0, 0.1) is 0 Å². The van der Waals surface area contributed by atoms with Gasteiger partial charge in [-0.15, -0.1) is 0 Å². The van der Waals surface area contributed by atoms with Crippen LogP contribution in [0.15, 0.2) is 91.0 Å². The lowest BCUT2D eigenvalue weighted by molar-refractivity contribution is 0.304. The SMILES string of the molecule is Clc1ccc(-c2nc3ccccc3n2CCOc2cccc3ccccc23)cc1. The number of ether oxygens (including phenoxy) is 1. The number of halogens is 1. The van der Waals surface area contributed by atoms with Crippen molar-refractivity contribution in [3.05, 3.63) is 96.0 Å². The Morgan fingerprint density at radius 1 is 0.793 bits per heavy atom. The van der Waals surface area contributed by atoms with Crippen LogP contribution >= 0.6 is 11.6 Å². The number of aromatic nitrogens is 2. The van der Waals surface area contributed by atoms with Gasteiger partial charge in [-0.1, -0.05) is 60.1 Å². The molecular weight excluding hydrogens is 380 g/mol. The Balaban J connectivity index is 1.47. The van der Waals surface area contributed by atoms with Gasteiger partial charge >= 0.3 is 0 Å². The molecule has 4 heteroatoms. The van der Waals surface area contributed by atoms with Crippen molar-refractivity contribution < 1.29 is 4.74 Å². The second-order valence-corrected chi connectivity index (χ2v) is 7.34. The van der Waals surface area contributed by atoms with Crippen LogP contribution in [-0.2, 0) is 6.54 Å². The molecule has 142 valence electrons. The Morgan fingerprint density at radius 3 is 2.45 bits per heavy atom. The predicted molar refractivity (Wildman–Crippen MR) is 120 cm³/mol. The maximum atomic E-state index is 6.18. The first-order chi connectivity index (χ1) is 14.3. The van der Waals surface area contributed by atoms with Gasteiger partial charge in [0.2, 0.25) is 0 Å². The van der Waals surface area contributed by atoms with Crippen LogP contribution in [0.1, 0.15) is 0 Å². The Kier molecular flexibility index (Phi) is 4.66. The number of fused-ring (bicyclic) bond motifs is 2. The summed E-state index contributed by atoms with van der Waals surface area (Å²) in [5.74, 6) is 1.82. The molecule has 0 radical (unpaired) electrons. The molecule has 5 rings (SSSR count). The Labute approximate surface area is 174 Å². The molecule has 0 spiro atoms. The second-order valence-electron chi connectivity index (χ2n) is 6.91. The maximum absolute atomic E-state index is 6.18. The summed E-state index contributed by atoms with van der Waals surface area (Å²) in [6.07, 6.45) is 0. The fourth-order valence-electron chi connectivity index (χ4n) is 3.69. The fraction of sp³-hybridized carbons (Fsp3) is 0.0800. The molecule has 0 unspecified atom stereocenters. The number of hydrogen-bond acceptors (Lipinski definition) is 2. The summed E-state index contributed by atoms with van der Waals surface area (Å²) in [7, 11) is 0. The number of imidazole rings is 1. The molecule has 1 aromatic heterocycles. The summed E-state index contributed by atoms with van der Waals surface area (Å²) in [6.45, 7) is 1.25. The van der Waals surface area contributed by atoms with Gasteiger partial charge in [0.15, 0.2) is 0 Å². The molecule has 5 aromatic rings. The van der Waals surface area contributed by atoms with E-state index in [4.69, 9.17) is 21.3 Å². The molecule has 0 aliphatic carbocycles. The molecule has 0 atom stereocenters. The third kappa shape index (κ3) is 3.45. The zero-order chi connectivity index (χ0) is 19.6. The molecule has 0 saturated heterocycles. The monoisotopic (exact) mass is 398 g/mol. The third-order valence-corrected chi connectivity index (χ3v) is 5.33. The zero-order valence-corrected chi connectivity index (χ0v) is 16.5. The molecular formula is C25H19ClN2O. The van der Waals surface area contributed by atoms with Crippen molar-refractivity contribution in [2.75, 3.05) is 6.61 Å². The van der Waals surface area contributed by atoms with Gasteiger partial charge in [-0.25, -0.2) is 4.98 Å². The first-order valence-corrected chi connectivity index (χ1v) is 9.99. The first-order valence-electron chi connectivity index (χ1n) is 9.61. The van der Waals surface area contributed by atoms with Gasteiger partial charge in [-0.3, -0.25) is 0 Å². The van der Waals surface area contributed by atoms with Crippen LogP contribution in [-0.4, -0.2) is 16.2 Å². The number of nitrogens with zero attached hydrogens (tertiary/aromatic N) is 2. The van der Waals surface area contributed by atoms with Crippen molar-refractivity contribution in [2.24, 2.45) is 0 Å². The summed E-state index contributed by atoms with van der Waals surface area (Å²) in [4.78, 5) is 4.85. The lowest BCUT2D eigenvalue weighted by Gasteiger charge is -2.12. The zero-order valence-electron chi connectivity index (χ0n) is 15.8. The number of rotatable bonds is 5. The van der Waals surface area contributed by atoms with E-state index in [1.807, 2.05) is 66.7 Å². The van der Waals surface area contributed by atoms with E-state index in [0.29, 0.717) is 13.2 Å². The molecule has 4 aromatic carbocycles. The molecule has 0 N–H and O–H groups in total. The first kappa shape index (κ1) is 17.8. The topological polar surface area (TPSA) is 27.1 Å². The molecule has 3 nitrogen and oxygen atoms in total. The average Bonchev–Trinajstić information content (AvgIpc) is 3.13. The standard InChI is InChI=1S/C25H19ClN2O/c26-20-14-12-19(13-15-20)25-27-22-9-3-4-10-23(22)28(25)16-17-29-24-11-5-7-18-6-1-2-8-21(18)24/h1-15H,16-17H2. The maximum Gasteiger partial charge on any atom is 0.141 e. The highest BCUT2D eigenvalue weighted by Crippen LogP contribution is 2.27. The Morgan fingerprint density at radius 2 is 1.55 bits per heavy atom. The van der Waals surface area contributed by atoms with E-state index in [1.165, 1.54) is 5.39 Å². The third-order valence-electron chi connectivity index (χ3n) is 5.08. The van der Waals surface area contributed by atoms with E-state index in [-0.39, 0.29) is 0 Å². The van der Waals surface area contributed by atoms with Crippen LogP contribution in [0.2, 0.25) is 5.02 Å². The highest BCUT2D eigenvalue weighted by molar-refractivity contribution is 6.30. The van der Waals surface area contributed by atoms with Gasteiger partial charge in [0.25, 0.3) is 0 Å². The molecule has 0 fully saturated rings. The van der Waals surface area contributed by atoms with Crippen LogP contribution < -0.4 is 4.74 Å². The minimum atomic E-state index is 0.551. The molecule has 1 heterocycles. The second kappa shape index (κ2) is 7.61. The van der Waals surface area contributed by atoms with Crippen molar-refractivity contribution in [1.29, 1.82) is 0 Å². The average molecular weight is 399 g/mol. The number of para-hydroxylation sites is 2. The van der Waals surface area contributed by atoms with Crippen LogP contribution in [0.4, 0.5) is 0 Å². The molecule has 0 aliphatic rings. The molecule has 0 bridgehead atoms. The van der Waals surface area contributed by atoms with E-state index in [2.05, 4.69) is 28.8 Å². The smallest absolute Gasteiger partial charge is 0.141 e. The Bertz CT molecular complexity index is 1290. The van der Waals surface area contributed by atoms with Gasteiger partial charge in [-0.2, -0.15) is 0 Å². The molecule has 0 amide bonds. The number of benzene rings is 4. The van der Waals surface area contributed by atoms with Crippen molar-refractivity contribution in [1.82, 2.24) is 9.55 Å². The fourth-order valence-corrected chi connectivity index (χ4v) is 3.82. The summed E-state index contributed by atoms with van der Waals surface area (Å²) >= 11 is 6.07. The highest BCUT2D eigenvalue weighted by atomic mass is 35.5. The van der Waals surface area contributed by atoms with E-state index >= 15 is 0 Å². The molecule has 0 saturated carbocycles. The minimum Gasteiger partial charge on any atom is -0.491 e. The van der Waals surface area contributed by atoms with Gasteiger partial charge in [0.1, 0.15) is 18.2 Å². The van der Waals surface area contributed by atoms with Gasteiger partial charge in [0, 0.05) is 16.0 Å². The molecule has 29 heavy (non-hydrogen) atoms. The minimum absolute atomic E-state index is 0.551. The van der Waals surface area contributed by atoms with Crippen molar-refractivity contribution in [3.8, 4) is 17.1 Å². The lowest BCUT2D eigenvalue weighted by Crippen LogP contribution is -2.09. The van der Waals surface area contributed by atoms with E-state index in [0.717, 1.165) is 38.6 Å². The quantitative estimate of drug-likeness (QED) is 0.334. The van der Waals surface area contributed by atoms with Crippen LogP contribution in [0.5, 0.6) is 5.75 Å². The van der Waals surface area contributed by atoms with Crippen LogP contribution in [0.25, 0.3) is 33.2 Å². The highest BCUT2D eigenvalue weighted by Gasteiger charge is 2.12. The van der Waals surface area contributed by atoms with Gasteiger partial charge < -0.3 is 9.30 Å². The van der Waals surface area contributed by atoms with Gasteiger partial charge in [0.05, 0.1) is 17.6 Å².